The molecule has 0 radical (unpaired) electrons. The maximum atomic E-state index is 11.7. The number of nitrogens with zero attached hydrogens (tertiary/aromatic N) is 4. The number of anilines is 1. The van der Waals surface area contributed by atoms with Crippen LogP contribution >= 0.6 is 0 Å². The highest BCUT2D eigenvalue weighted by molar-refractivity contribution is 5.84. The molecule has 1 unspecified atom stereocenters. The molecule has 1 saturated heterocycles. The van der Waals surface area contributed by atoms with E-state index in [0.717, 1.165) is 29.4 Å². The fourth-order valence-corrected chi connectivity index (χ4v) is 6.61. The number of aromatic nitrogens is 4. The van der Waals surface area contributed by atoms with Gasteiger partial charge in [0.2, 0.25) is 0 Å². The van der Waals surface area contributed by atoms with Gasteiger partial charge in [-0.2, -0.15) is 0 Å². The molecule has 6 rings (SSSR count). The summed E-state index contributed by atoms with van der Waals surface area (Å²) < 4.78 is 2.49. The smallest absolute Gasteiger partial charge is 0.365 e. The van der Waals surface area contributed by atoms with Gasteiger partial charge in [-0.15, -0.1) is 5.48 Å². The van der Waals surface area contributed by atoms with Crippen LogP contribution in [0.1, 0.15) is 115 Å². The van der Waals surface area contributed by atoms with Crippen LogP contribution in [0.4, 0.5) is 10.6 Å². The zero-order valence-corrected chi connectivity index (χ0v) is 21.8. The molecule has 1 amide bonds. The number of fused-ring (bicyclic) bond motifs is 1. The maximum Gasteiger partial charge on any atom is 0.427 e. The minimum Gasteiger partial charge on any atom is -0.365 e. The zero-order chi connectivity index (χ0) is 24.6. The Hall–Kier alpha value is -2.42. The van der Waals surface area contributed by atoms with Crippen LogP contribution in [0, 0.1) is 17.8 Å². The Morgan fingerprint density at radius 3 is 2.44 bits per heavy atom. The van der Waals surface area contributed by atoms with E-state index in [-0.39, 0.29) is 0 Å². The highest BCUT2D eigenvalue weighted by Gasteiger charge is 2.32. The summed E-state index contributed by atoms with van der Waals surface area (Å²) in [6.07, 6.45) is 14.2. The Bertz CT molecular complexity index is 1080. The standard InChI is InChI=1S/C27H41N7O2/c1-16-11-13-18(14-12-16)15-34-21-22(28-17(2)19-9-6-10-19)29-24(25-32-27(35)36-33-25)30-23(21)31-26(34)20-7-4-3-5-8-20/h16-20,25,33H,3-15H2,1-2H3,(H,32,35)(H,28,29,30)/t16?,17-,18?,25?/m1/s1. The van der Waals surface area contributed by atoms with Crippen LogP contribution in [0.15, 0.2) is 0 Å². The minimum atomic E-state index is -0.579. The Labute approximate surface area is 213 Å². The Kier molecular flexibility index (Phi) is 6.75. The van der Waals surface area contributed by atoms with Gasteiger partial charge >= 0.3 is 6.09 Å². The Balaban J connectivity index is 1.43. The first kappa shape index (κ1) is 23.9. The van der Waals surface area contributed by atoms with Crippen LogP contribution in [0.5, 0.6) is 0 Å². The second-order valence-electron chi connectivity index (χ2n) is 11.9. The number of carbonyl (C=O) groups is 1. The summed E-state index contributed by atoms with van der Waals surface area (Å²) in [5.74, 6) is 5.17. The van der Waals surface area contributed by atoms with Gasteiger partial charge in [0.1, 0.15) is 11.3 Å². The van der Waals surface area contributed by atoms with Crippen LogP contribution in [-0.4, -0.2) is 31.7 Å². The molecular weight excluding hydrogens is 454 g/mol. The van der Waals surface area contributed by atoms with E-state index in [1.54, 1.807) is 0 Å². The Morgan fingerprint density at radius 1 is 1.00 bits per heavy atom. The van der Waals surface area contributed by atoms with Crippen molar-refractivity contribution in [3.05, 3.63) is 11.6 Å². The van der Waals surface area contributed by atoms with Crippen molar-refractivity contribution >= 4 is 23.1 Å². The molecule has 3 heterocycles. The van der Waals surface area contributed by atoms with Crippen molar-refractivity contribution in [2.45, 2.75) is 116 Å². The predicted octanol–water partition coefficient (Wildman–Crippen LogP) is 5.54. The van der Waals surface area contributed by atoms with Crippen LogP contribution in [-0.2, 0) is 11.4 Å². The number of hydrogen-bond acceptors (Lipinski definition) is 7. The van der Waals surface area contributed by atoms with E-state index in [1.807, 2.05) is 0 Å². The molecule has 9 heteroatoms. The van der Waals surface area contributed by atoms with Crippen molar-refractivity contribution in [2.24, 2.45) is 17.8 Å². The Morgan fingerprint density at radius 2 is 1.78 bits per heavy atom. The largest absolute Gasteiger partial charge is 0.427 e. The fourth-order valence-electron chi connectivity index (χ4n) is 6.61. The van der Waals surface area contributed by atoms with Gasteiger partial charge in [0.25, 0.3) is 0 Å². The summed E-state index contributed by atoms with van der Waals surface area (Å²) in [5.41, 5.74) is 4.49. The average Bonchev–Trinajstić information content (AvgIpc) is 3.44. The van der Waals surface area contributed by atoms with Crippen LogP contribution < -0.4 is 16.1 Å². The highest BCUT2D eigenvalue weighted by atomic mass is 16.7. The number of amides is 1. The number of hydroxylamine groups is 1. The normalized spacial score (nSPS) is 28.5. The number of imidazole rings is 1. The van der Waals surface area contributed by atoms with Crippen LogP contribution in [0.2, 0.25) is 0 Å². The predicted molar refractivity (Wildman–Crippen MR) is 138 cm³/mol. The van der Waals surface area contributed by atoms with E-state index < -0.39 is 12.3 Å². The van der Waals surface area contributed by atoms with E-state index in [9.17, 15) is 4.79 Å². The summed E-state index contributed by atoms with van der Waals surface area (Å²) in [7, 11) is 0. The minimum absolute atomic E-state index is 0.323. The maximum absolute atomic E-state index is 11.7. The summed E-state index contributed by atoms with van der Waals surface area (Å²) in [4.78, 5) is 31.7. The molecule has 0 bridgehead atoms. The summed E-state index contributed by atoms with van der Waals surface area (Å²) in [6.45, 7) is 5.64. The molecule has 4 aliphatic rings. The average molecular weight is 496 g/mol. The van der Waals surface area contributed by atoms with Gasteiger partial charge in [0, 0.05) is 18.5 Å². The van der Waals surface area contributed by atoms with Crippen LogP contribution in [0.3, 0.4) is 0 Å². The van der Waals surface area contributed by atoms with E-state index in [4.69, 9.17) is 19.8 Å². The summed E-state index contributed by atoms with van der Waals surface area (Å²) >= 11 is 0. The first-order valence-electron chi connectivity index (χ1n) is 14.3. The van der Waals surface area contributed by atoms with Crippen molar-refractivity contribution in [3.8, 4) is 0 Å². The molecule has 0 spiro atoms. The van der Waals surface area contributed by atoms with Gasteiger partial charge in [0.05, 0.1) is 0 Å². The molecule has 2 atom stereocenters. The molecule has 3 N–H and O–H groups in total. The second-order valence-corrected chi connectivity index (χ2v) is 11.9. The van der Waals surface area contributed by atoms with E-state index in [2.05, 4.69) is 34.5 Å². The topological polar surface area (TPSA) is 106 Å². The van der Waals surface area contributed by atoms with Crippen molar-refractivity contribution in [1.29, 1.82) is 0 Å². The molecule has 3 aliphatic carbocycles. The van der Waals surface area contributed by atoms with Gasteiger partial charge in [-0.25, -0.2) is 19.7 Å². The lowest BCUT2D eigenvalue weighted by Gasteiger charge is -2.32. The van der Waals surface area contributed by atoms with Gasteiger partial charge in [-0.3, -0.25) is 5.32 Å². The molecule has 2 aromatic rings. The number of carbonyl (C=O) groups excluding carboxylic acids is 1. The van der Waals surface area contributed by atoms with Gasteiger partial charge < -0.3 is 14.7 Å². The number of nitrogens with one attached hydrogen (secondary N) is 3. The van der Waals surface area contributed by atoms with Crippen molar-refractivity contribution in [3.63, 3.8) is 0 Å². The first-order valence-corrected chi connectivity index (χ1v) is 14.3. The fraction of sp³-hybridized carbons (Fsp3) is 0.778. The lowest BCUT2D eigenvalue weighted by atomic mass is 9.80. The SMILES string of the molecule is CC1CCC(Cn2c(C3CCCCC3)nc3nc(C4NOC(=O)N4)nc(N[C@H](C)C4CCC4)c32)CC1. The first-order chi connectivity index (χ1) is 17.5. The molecule has 1 aliphatic heterocycles. The molecule has 2 aromatic heterocycles. The van der Waals surface area contributed by atoms with Crippen LogP contribution in [0.25, 0.3) is 11.2 Å². The molecule has 196 valence electrons. The van der Waals surface area contributed by atoms with E-state index >= 15 is 0 Å². The molecule has 9 nitrogen and oxygen atoms in total. The highest BCUT2D eigenvalue weighted by Crippen LogP contribution is 2.38. The third kappa shape index (κ3) is 4.78. The van der Waals surface area contributed by atoms with Gasteiger partial charge in [-0.05, 0) is 63.2 Å². The van der Waals surface area contributed by atoms with Gasteiger partial charge in [0.15, 0.2) is 23.5 Å². The molecule has 4 fully saturated rings. The molecule has 3 saturated carbocycles. The third-order valence-electron chi connectivity index (χ3n) is 9.21. The van der Waals surface area contributed by atoms with Crippen molar-refractivity contribution < 1.29 is 9.63 Å². The quantitative estimate of drug-likeness (QED) is 0.463. The van der Waals surface area contributed by atoms with E-state index in [1.165, 1.54) is 82.9 Å². The molecule has 36 heavy (non-hydrogen) atoms. The monoisotopic (exact) mass is 495 g/mol. The second kappa shape index (κ2) is 10.1. The molecular formula is C27H41N7O2. The third-order valence-corrected chi connectivity index (χ3v) is 9.21. The number of rotatable bonds is 7. The molecule has 0 aromatic carbocycles. The van der Waals surface area contributed by atoms with Gasteiger partial charge in [-0.1, -0.05) is 45.4 Å². The number of hydrogen-bond donors (Lipinski definition) is 3. The lowest BCUT2D eigenvalue weighted by molar-refractivity contribution is 0.120. The summed E-state index contributed by atoms with van der Waals surface area (Å²) in [6, 6.07) is 0.323. The van der Waals surface area contributed by atoms with E-state index in [0.29, 0.717) is 29.6 Å². The van der Waals surface area contributed by atoms with Crippen molar-refractivity contribution in [1.82, 2.24) is 30.3 Å². The lowest BCUT2D eigenvalue weighted by Crippen LogP contribution is -2.32. The van der Waals surface area contributed by atoms with Crippen molar-refractivity contribution in [2.75, 3.05) is 5.32 Å². The summed E-state index contributed by atoms with van der Waals surface area (Å²) in [5, 5.41) is 6.53. The zero-order valence-electron chi connectivity index (χ0n) is 21.8.